The molecule has 278 valence electrons. The number of hydrogen-bond donors (Lipinski definition) is 0. The second-order valence-corrected chi connectivity index (χ2v) is 15.7. The third kappa shape index (κ3) is 5.81. The van der Waals surface area contributed by atoms with Gasteiger partial charge in [-0.05, 0) is 70.8 Å². The van der Waals surface area contributed by atoms with Crippen molar-refractivity contribution in [3.8, 4) is 74.2 Å². The van der Waals surface area contributed by atoms with Crippen LogP contribution >= 0.6 is 11.3 Å². The van der Waals surface area contributed by atoms with Crippen LogP contribution in [-0.4, -0.2) is 19.5 Å². The topological polar surface area (TPSA) is 91.2 Å². The Balaban J connectivity index is 1.20. The summed E-state index contributed by atoms with van der Waals surface area (Å²) in [5, 5.41) is 24.2. The number of nitrogens with zero attached hydrogens (tertiary/aromatic N) is 6. The molecule has 0 saturated heterocycles. The average Bonchev–Trinajstić information content (AvgIpc) is 3.87. The van der Waals surface area contributed by atoms with Crippen molar-refractivity contribution in [2.45, 2.75) is 0 Å². The largest absolute Gasteiger partial charge is 0.309 e. The Kier molecular flexibility index (Phi) is 8.34. The number of nitriles is 2. The first-order valence-corrected chi connectivity index (χ1v) is 20.4. The maximum Gasteiger partial charge on any atom is 0.166 e. The monoisotopic (exact) mass is 782 g/mol. The molecule has 0 radical (unpaired) electrons. The first-order chi connectivity index (χ1) is 29.6. The van der Waals surface area contributed by atoms with Crippen molar-refractivity contribution in [1.82, 2.24) is 19.5 Å². The van der Waals surface area contributed by atoms with E-state index in [9.17, 15) is 10.5 Å². The number of hydrogen-bond acceptors (Lipinski definition) is 6. The molecular weight excluding hydrogens is 753 g/mol. The van der Waals surface area contributed by atoms with Crippen LogP contribution in [0.5, 0.6) is 0 Å². The number of rotatable bonds is 6. The molecule has 0 unspecified atom stereocenters. The van der Waals surface area contributed by atoms with Crippen LogP contribution in [0, 0.1) is 22.7 Å². The van der Waals surface area contributed by atoms with E-state index in [1.165, 1.54) is 20.2 Å². The van der Waals surface area contributed by atoms with Gasteiger partial charge in [0.05, 0.1) is 40.0 Å². The average molecular weight is 783 g/mol. The third-order valence-corrected chi connectivity index (χ3v) is 12.4. The molecule has 60 heavy (non-hydrogen) atoms. The summed E-state index contributed by atoms with van der Waals surface area (Å²) in [6.45, 7) is 0. The Labute approximate surface area is 349 Å². The highest BCUT2D eigenvalue weighted by Gasteiger charge is 2.22. The summed E-state index contributed by atoms with van der Waals surface area (Å²) < 4.78 is 4.78. The van der Waals surface area contributed by atoms with Gasteiger partial charge in [0.25, 0.3) is 0 Å². The summed E-state index contributed by atoms with van der Waals surface area (Å²) >= 11 is 1.81. The smallest absolute Gasteiger partial charge is 0.166 e. The normalized spacial score (nSPS) is 11.3. The van der Waals surface area contributed by atoms with E-state index in [2.05, 4.69) is 120 Å². The number of thiophene rings is 1. The van der Waals surface area contributed by atoms with Gasteiger partial charge in [-0.1, -0.05) is 133 Å². The Morgan fingerprint density at radius 3 is 1.80 bits per heavy atom. The summed E-state index contributed by atoms with van der Waals surface area (Å²) in [5.41, 5.74) is 10.4. The molecule has 0 spiro atoms. The predicted molar refractivity (Wildman–Crippen MR) is 244 cm³/mol. The van der Waals surface area contributed by atoms with Gasteiger partial charge < -0.3 is 4.57 Å². The van der Waals surface area contributed by atoms with Gasteiger partial charge in [-0.2, -0.15) is 10.5 Å². The van der Waals surface area contributed by atoms with Crippen LogP contribution in [0.3, 0.4) is 0 Å². The molecular formula is C53H30N6S. The minimum Gasteiger partial charge on any atom is -0.309 e. The molecule has 0 saturated carbocycles. The van der Waals surface area contributed by atoms with Gasteiger partial charge in [0.2, 0.25) is 0 Å². The van der Waals surface area contributed by atoms with Crippen LogP contribution in [0.15, 0.2) is 182 Å². The molecule has 3 heterocycles. The molecule has 0 aliphatic rings. The molecule has 8 aromatic carbocycles. The molecule has 0 N–H and O–H groups in total. The quantitative estimate of drug-likeness (QED) is 0.167. The van der Waals surface area contributed by atoms with Gasteiger partial charge in [-0.15, -0.1) is 11.3 Å². The van der Waals surface area contributed by atoms with Gasteiger partial charge in [0.1, 0.15) is 0 Å². The number of para-hydroxylation sites is 1. The Hall–Kier alpha value is -8.23. The first-order valence-electron chi connectivity index (χ1n) is 19.6. The van der Waals surface area contributed by atoms with Crippen LogP contribution in [0.4, 0.5) is 0 Å². The maximum atomic E-state index is 10.1. The van der Waals surface area contributed by atoms with E-state index >= 15 is 0 Å². The Morgan fingerprint density at radius 1 is 0.417 bits per heavy atom. The fourth-order valence-corrected chi connectivity index (χ4v) is 9.58. The Bertz CT molecular complexity index is 3520. The first kappa shape index (κ1) is 35.0. The molecule has 7 heteroatoms. The lowest BCUT2D eigenvalue weighted by atomic mass is 9.97. The SMILES string of the molecule is N#Cc1ccc(-c2ccc3c(c2)c2ccccc2n3-c2ccc(-c3cccc4c3sc3ccccc34)cc2-c2nc(-c3ccccc3)nc(-c3ccccc3)n2)c(C#N)c1. The van der Waals surface area contributed by atoms with Crippen molar-refractivity contribution < 1.29 is 0 Å². The number of benzene rings is 8. The molecule has 6 nitrogen and oxygen atoms in total. The lowest BCUT2D eigenvalue weighted by Gasteiger charge is -2.17. The summed E-state index contributed by atoms with van der Waals surface area (Å²) in [6.07, 6.45) is 0. The molecule has 3 aromatic heterocycles. The van der Waals surface area contributed by atoms with Crippen LogP contribution in [-0.2, 0) is 0 Å². The molecule has 0 atom stereocenters. The zero-order valence-electron chi connectivity index (χ0n) is 31.9. The highest BCUT2D eigenvalue weighted by Crippen LogP contribution is 2.43. The number of fused-ring (bicyclic) bond motifs is 6. The second kappa shape index (κ2) is 14.3. The van der Waals surface area contributed by atoms with E-state index in [0.717, 1.165) is 66.4 Å². The van der Waals surface area contributed by atoms with E-state index in [1.54, 1.807) is 12.1 Å². The van der Waals surface area contributed by atoms with Crippen molar-refractivity contribution in [2.75, 3.05) is 0 Å². The maximum absolute atomic E-state index is 10.1. The fraction of sp³-hybridized carbons (Fsp3) is 0. The highest BCUT2D eigenvalue weighted by atomic mass is 32.1. The van der Waals surface area contributed by atoms with Crippen LogP contribution < -0.4 is 0 Å². The fourth-order valence-electron chi connectivity index (χ4n) is 8.34. The van der Waals surface area contributed by atoms with Gasteiger partial charge in [-0.3, -0.25) is 0 Å². The minimum atomic E-state index is 0.455. The lowest BCUT2D eigenvalue weighted by molar-refractivity contribution is 1.06. The molecule has 0 bridgehead atoms. The van der Waals surface area contributed by atoms with E-state index in [-0.39, 0.29) is 0 Å². The van der Waals surface area contributed by atoms with Crippen molar-refractivity contribution in [1.29, 1.82) is 10.5 Å². The van der Waals surface area contributed by atoms with Gasteiger partial charge >= 0.3 is 0 Å². The summed E-state index contributed by atoms with van der Waals surface area (Å²) in [7, 11) is 0. The molecule has 0 fully saturated rings. The van der Waals surface area contributed by atoms with Crippen molar-refractivity contribution in [3.63, 3.8) is 0 Å². The van der Waals surface area contributed by atoms with Crippen LogP contribution in [0.1, 0.15) is 11.1 Å². The molecule has 0 amide bonds. The zero-order valence-corrected chi connectivity index (χ0v) is 32.7. The van der Waals surface area contributed by atoms with E-state index in [0.29, 0.717) is 28.6 Å². The summed E-state index contributed by atoms with van der Waals surface area (Å²) in [4.78, 5) is 15.6. The van der Waals surface area contributed by atoms with Gasteiger partial charge in [0.15, 0.2) is 17.5 Å². The number of aromatic nitrogens is 4. The van der Waals surface area contributed by atoms with Crippen molar-refractivity contribution >= 4 is 53.3 Å². The predicted octanol–water partition coefficient (Wildman–Crippen LogP) is 13.4. The minimum absolute atomic E-state index is 0.455. The molecule has 11 rings (SSSR count). The van der Waals surface area contributed by atoms with Crippen molar-refractivity contribution in [3.05, 3.63) is 193 Å². The molecule has 11 aromatic rings. The van der Waals surface area contributed by atoms with Crippen molar-refractivity contribution in [2.24, 2.45) is 0 Å². The van der Waals surface area contributed by atoms with Crippen LogP contribution in [0.25, 0.3) is 104 Å². The molecule has 0 aliphatic carbocycles. The van der Waals surface area contributed by atoms with Crippen LogP contribution in [0.2, 0.25) is 0 Å². The summed E-state index contributed by atoms with van der Waals surface area (Å²) in [5.74, 6) is 1.73. The lowest BCUT2D eigenvalue weighted by Crippen LogP contribution is -2.04. The standard InChI is InChI=1S/C53H30N6S/c54-31-33-22-25-39(38(28-33)32-55)36-23-26-47-44(29-36)41-16-7-9-20-46(41)59(47)48-27-24-37(40-18-11-19-43-42-17-8-10-21-49(42)60-50(40)43)30-45(48)53-57-51(34-12-3-1-4-13-34)56-52(58-53)35-14-5-2-6-15-35/h1-30H. The highest BCUT2D eigenvalue weighted by molar-refractivity contribution is 7.26. The Morgan fingerprint density at radius 2 is 1.05 bits per heavy atom. The second-order valence-electron chi connectivity index (χ2n) is 14.6. The van der Waals surface area contributed by atoms with Gasteiger partial charge in [-0.25, -0.2) is 15.0 Å². The molecule has 0 aliphatic heterocycles. The third-order valence-electron chi connectivity index (χ3n) is 11.1. The van der Waals surface area contributed by atoms with E-state index in [4.69, 9.17) is 15.0 Å². The van der Waals surface area contributed by atoms with Gasteiger partial charge in [0, 0.05) is 47.6 Å². The van der Waals surface area contributed by atoms with E-state index < -0.39 is 0 Å². The zero-order chi connectivity index (χ0) is 40.2. The summed E-state index contributed by atoms with van der Waals surface area (Å²) in [6, 6.07) is 66.4. The van der Waals surface area contributed by atoms with E-state index in [1.807, 2.05) is 78.1 Å².